The number of fused-ring (bicyclic) bond motifs is 1. The molecule has 0 saturated carbocycles. The van der Waals surface area contributed by atoms with Crippen molar-refractivity contribution in [2.45, 2.75) is 32.2 Å². The first kappa shape index (κ1) is 16.3. The molecule has 1 amide bonds. The minimum absolute atomic E-state index is 0. The standard InChI is InChI=1S/C18H23N5O.H2/c1-13-7-11-23(17(24)5-8-19)12-16(13)22(2)15-4-3-9-20-18-14(15)6-10-21-18;/h4,6,9-10,13,16,21H,3,5,7,11-12H2,1-2H3;1H/t13-,16+;/m1./s1. The summed E-state index contributed by atoms with van der Waals surface area (Å²) < 4.78 is 0. The second-order valence-corrected chi connectivity index (χ2v) is 6.50. The molecular weight excluding hydrogens is 302 g/mol. The number of amides is 1. The van der Waals surface area contributed by atoms with Gasteiger partial charge >= 0.3 is 0 Å². The predicted octanol–water partition coefficient (Wildman–Crippen LogP) is 2.79. The normalized spacial score (nSPS) is 23.0. The number of rotatable bonds is 3. The largest absolute Gasteiger partial charge is 0.369 e. The van der Waals surface area contributed by atoms with Gasteiger partial charge < -0.3 is 14.8 Å². The third-order valence-electron chi connectivity index (χ3n) is 5.02. The number of hydrogen-bond donors (Lipinski definition) is 1. The lowest BCUT2D eigenvalue weighted by molar-refractivity contribution is -0.132. The molecule has 6 nitrogen and oxygen atoms in total. The second kappa shape index (κ2) is 6.91. The lowest BCUT2D eigenvalue weighted by Gasteiger charge is -2.43. The summed E-state index contributed by atoms with van der Waals surface area (Å²) in [5.41, 5.74) is 2.24. The Labute approximate surface area is 144 Å². The van der Waals surface area contributed by atoms with Crippen LogP contribution in [0.15, 0.2) is 23.3 Å². The highest BCUT2D eigenvalue weighted by Crippen LogP contribution is 2.33. The Bertz CT molecular complexity index is 717. The average Bonchev–Trinajstić information content (AvgIpc) is 2.94. The van der Waals surface area contributed by atoms with Crippen LogP contribution in [0.3, 0.4) is 0 Å². The van der Waals surface area contributed by atoms with E-state index in [2.05, 4.69) is 34.9 Å². The molecule has 0 unspecified atom stereocenters. The molecule has 0 radical (unpaired) electrons. The third-order valence-corrected chi connectivity index (χ3v) is 5.02. The highest BCUT2D eigenvalue weighted by molar-refractivity contribution is 5.80. The number of aromatic nitrogens is 1. The Hall–Kier alpha value is -2.55. The van der Waals surface area contributed by atoms with E-state index in [-0.39, 0.29) is 19.8 Å². The molecule has 1 aromatic rings. The molecule has 2 atom stereocenters. The van der Waals surface area contributed by atoms with Crippen LogP contribution in [0.2, 0.25) is 0 Å². The number of H-pyrrole nitrogens is 1. The van der Waals surface area contributed by atoms with E-state index in [4.69, 9.17) is 5.26 Å². The van der Waals surface area contributed by atoms with E-state index in [9.17, 15) is 4.79 Å². The van der Waals surface area contributed by atoms with Crippen molar-refractivity contribution in [2.75, 3.05) is 20.1 Å². The minimum Gasteiger partial charge on any atom is -0.369 e. The predicted molar refractivity (Wildman–Crippen MR) is 95.8 cm³/mol. The van der Waals surface area contributed by atoms with Gasteiger partial charge in [-0.3, -0.25) is 4.79 Å². The number of nitrogens with one attached hydrogen (secondary N) is 1. The first-order valence-corrected chi connectivity index (χ1v) is 8.39. The Balaban J connectivity index is 0.00000225. The van der Waals surface area contributed by atoms with Gasteiger partial charge in [-0.15, -0.1) is 0 Å². The van der Waals surface area contributed by atoms with Crippen LogP contribution < -0.4 is 0 Å². The molecule has 0 bridgehead atoms. The Morgan fingerprint density at radius 2 is 2.46 bits per heavy atom. The number of likely N-dealkylation sites (N-methyl/N-ethyl adjacent to an activating group) is 1. The van der Waals surface area contributed by atoms with Crippen LogP contribution in [0.1, 0.15) is 33.2 Å². The monoisotopic (exact) mass is 327 g/mol. The van der Waals surface area contributed by atoms with Crippen molar-refractivity contribution in [1.29, 1.82) is 5.26 Å². The summed E-state index contributed by atoms with van der Waals surface area (Å²) in [5.74, 6) is 1.29. The molecule has 3 rings (SSSR count). The van der Waals surface area contributed by atoms with Gasteiger partial charge in [0.05, 0.1) is 6.07 Å². The Kier molecular flexibility index (Phi) is 4.70. The van der Waals surface area contributed by atoms with Crippen molar-refractivity contribution in [3.8, 4) is 6.07 Å². The zero-order chi connectivity index (χ0) is 17.1. The minimum atomic E-state index is -0.0664. The van der Waals surface area contributed by atoms with Gasteiger partial charge in [-0.05, 0) is 18.4 Å². The molecule has 0 aromatic carbocycles. The van der Waals surface area contributed by atoms with Gasteiger partial charge in [0.25, 0.3) is 0 Å². The highest BCUT2D eigenvalue weighted by atomic mass is 16.2. The van der Waals surface area contributed by atoms with E-state index in [1.165, 1.54) is 0 Å². The number of likely N-dealkylation sites (tertiary alicyclic amines) is 1. The fourth-order valence-electron chi connectivity index (χ4n) is 3.56. The molecule has 2 aliphatic rings. The van der Waals surface area contributed by atoms with Gasteiger partial charge in [-0.2, -0.15) is 5.26 Å². The summed E-state index contributed by atoms with van der Waals surface area (Å²) in [6.45, 7) is 3.64. The van der Waals surface area contributed by atoms with Crippen molar-refractivity contribution in [2.24, 2.45) is 10.9 Å². The van der Waals surface area contributed by atoms with Crippen molar-refractivity contribution < 1.29 is 6.22 Å². The number of aliphatic imine (C=N–C) groups is 1. The van der Waals surface area contributed by atoms with Crippen molar-refractivity contribution in [3.63, 3.8) is 0 Å². The van der Waals surface area contributed by atoms with Gasteiger partial charge in [0, 0.05) is 57.7 Å². The van der Waals surface area contributed by atoms with Gasteiger partial charge in [0.1, 0.15) is 12.2 Å². The number of aromatic amines is 1. The fraction of sp³-hybridized carbons (Fsp3) is 0.500. The topological polar surface area (TPSA) is 75.5 Å². The zero-order valence-corrected chi connectivity index (χ0v) is 14.2. The molecule has 6 heteroatoms. The van der Waals surface area contributed by atoms with E-state index in [0.717, 1.165) is 36.5 Å². The number of allylic oxidation sites excluding steroid dienone is 1. The van der Waals surface area contributed by atoms with Crippen LogP contribution >= 0.6 is 0 Å². The van der Waals surface area contributed by atoms with Gasteiger partial charge in [-0.1, -0.05) is 13.0 Å². The molecule has 2 aliphatic heterocycles. The zero-order valence-electron chi connectivity index (χ0n) is 14.2. The number of carbonyl (C=O) groups is 1. The lowest BCUT2D eigenvalue weighted by Crippen LogP contribution is -2.51. The second-order valence-electron chi connectivity index (χ2n) is 6.50. The fourth-order valence-corrected chi connectivity index (χ4v) is 3.56. The lowest BCUT2D eigenvalue weighted by atomic mass is 9.91. The quantitative estimate of drug-likeness (QED) is 0.927. The Morgan fingerprint density at radius 1 is 1.62 bits per heavy atom. The maximum atomic E-state index is 12.1. The molecule has 24 heavy (non-hydrogen) atoms. The first-order valence-electron chi connectivity index (χ1n) is 8.39. The van der Waals surface area contributed by atoms with Gasteiger partial charge in [0.2, 0.25) is 5.91 Å². The molecular formula is C18H25N5O. The van der Waals surface area contributed by atoms with E-state index in [0.29, 0.717) is 12.5 Å². The average molecular weight is 327 g/mol. The molecule has 1 fully saturated rings. The number of nitrogens with zero attached hydrogens (tertiary/aromatic N) is 4. The molecule has 1 aromatic heterocycles. The van der Waals surface area contributed by atoms with Gasteiger partial charge in [0.15, 0.2) is 0 Å². The van der Waals surface area contributed by atoms with E-state index in [1.54, 1.807) is 0 Å². The first-order chi connectivity index (χ1) is 11.6. The molecule has 0 spiro atoms. The molecule has 1 N–H and O–H groups in total. The van der Waals surface area contributed by atoms with Crippen LogP contribution in [0.25, 0.3) is 5.70 Å². The molecule has 0 aliphatic carbocycles. The summed E-state index contributed by atoms with van der Waals surface area (Å²) in [6.07, 6.45) is 7.71. The van der Waals surface area contributed by atoms with E-state index in [1.807, 2.05) is 29.4 Å². The van der Waals surface area contributed by atoms with Crippen LogP contribution in [0.5, 0.6) is 0 Å². The third kappa shape index (κ3) is 3.07. The van der Waals surface area contributed by atoms with Crippen LogP contribution in [0, 0.1) is 17.2 Å². The number of piperidine rings is 1. The number of carbonyl (C=O) groups excluding carboxylic acids is 1. The van der Waals surface area contributed by atoms with Crippen molar-refractivity contribution in [1.82, 2.24) is 14.8 Å². The van der Waals surface area contributed by atoms with Gasteiger partial charge in [-0.25, -0.2) is 4.99 Å². The summed E-state index contributed by atoms with van der Waals surface area (Å²) in [4.78, 5) is 23.8. The number of hydrogen-bond acceptors (Lipinski definition) is 4. The molecule has 1 saturated heterocycles. The highest BCUT2D eigenvalue weighted by Gasteiger charge is 2.33. The molecule has 128 valence electrons. The van der Waals surface area contributed by atoms with Crippen molar-refractivity contribution >= 4 is 23.6 Å². The van der Waals surface area contributed by atoms with Crippen LogP contribution in [-0.2, 0) is 4.79 Å². The van der Waals surface area contributed by atoms with E-state index < -0.39 is 0 Å². The maximum Gasteiger partial charge on any atom is 0.236 e. The van der Waals surface area contributed by atoms with Crippen LogP contribution in [0.4, 0.5) is 5.82 Å². The Morgan fingerprint density at radius 3 is 3.25 bits per heavy atom. The summed E-state index contributed by atoms with van der Waals surface area (Å²) >= 11 is 0. The SMILES string of the molecule is C[C@@H]1CCN(C(=O)CC#N)C[C@@H]1N(C)C1=CCC=Nc2[nH]ccc21.[HH]. The summed E-state index contributed by atoms with van der Waals surface area (Å²) in [7, 11) is 2.09. The number of nitriles is 1. The smallest absolute Gasteiger partial charge is 0.236 e. The summed E-state index contributed by atoms with van der Waals surface area (Å²) in [6, 6.07) is 4.24. The summed E-state index contributed by atoms with van der Waals surface area (Å²) in [5, 5.41) is 8.78. The maximum absolute atomic E-state index is 12.1. The van der Waals surface area contributed by atoms with E-state index >= 15 is 0 Å². The van der Waals surface area contributed by atoms with Crippen LogP contribution in [-0.4, -0.2) is 53.1 Å². The molecule has 3 heterocycles. The van der Waals surface area contributed by atoms with Crippen molar-refractivity contribution in [3.05, 3.63) is 23.9 Å².